The van der Waals surface area contributed by atoms with Crippen molar-refractivity contribution >= 4 is 21.6 Å². The van der Waals surface area contributed by atoms with E-state index in [0.717, 1.165) is 34.6 Å². The third-order valence-electron chi connectivity index (χ3n) is 4.30. The summed E-state index contributed by atoms with van der Waals surface area (Å²) in [6, 6.07) is 3.83. The number of aryl methyl sites for hydroxylation is 2. The van der Waals surface area contributed by atoms with Gasteiger partial charge in [0.15, 0.2) is 0 Å². The van der Waals surface area contributed by atoms with Crippen molar-refractivity contribution in [2.24, 2.45) is 0 Å². The Morgan fingerprint density at radius 1 is 1.35 bits per heavy atom. The molecule has 0 amide bonds. The van der Waals surface area contributed by atoms with Gasteiger partial charge < -0.3 is 9.40 Å². The van der Waals surface area contributed by atoms with Gasteiger partial charge in [-0.3, -0.25) is 9.69 Å². The lowest BCUT2D eigenvalue weighted by molar-refractivity contribution is 0.281. The molecule has 120 valence electrons. The van der Waals surface area contributed by atoms with E-state index in [9.17, 15) is 4.79 Å². The number of furan rings is 1. The highest BCUT2D eigenvalue weighted by Crippen LogP contribution is 2.33. The first-order valence-corrected chi connectivity index (χ1v) is 8.77. The lowest BCUT2D eigenvalue weighted by Crippen LogP contribution is -2.21. The van der Waals surface area contributed by atoms with Gasteiger partial charge in [0.05, 0.1) is 24.7 Å². The van der Waals surface area contributed by atoms with Gasteiger partial charge in [0.25, 0.3) is 5.56 Å². The van der Waals surface area contributed by atoms with Crippen LogP contribution in [0.1, 0.15) is 34.9 Å². The third kappa shape index (κ3) is 2.84. The quantitative estimate of drug-likeness (QED) is 0.799. The van der Waals surface area contributed by atoms with E-state index >= 15 is 0 Å². The second-order valence-corrected chi connectivity index (χ2v) is 7.24. The van der Waals surface area contributed by atoms with Crippen LogP contribution in [0.2, 0.25) is 0 Å². The fourth-order valence-corrected chi connectivity index (χ4v) is 4.54. The van der Waals surface area contributed by atoms with Crippen LogP contribution < -0.4 is 5.56 Å². The molecule has 0 aromatic carbocycles. The number of aromatic amines is 1. The standard InChI is InChI=1S/C17H19N3O2S/c1-20(9-11-5-4-8-22-11)10-14-18-16(21)15-12-6-2-3-7-13(12)23-17(15)19-14/h4-5,8H,2-3,6-7,9-10H2,1H3,(H,18,19,21). The molecule has 0 radical (unpaired) electrons. The van der Waals surface area contributed by atoms with Crippen molar-refractivity contribution in [3.8, 4) is 0 Å². The second-order valence-electron chi connectivity index (χ2n) is 6.16. The Balaban J connectivity index is 1.62. The Hall–Kier alpha value is -1.92. The Bertz CT molecular complexity index is 879. The molecule has 0 unspecified atom stereocenters. The lowest BCUT2D eigenvalue weighted by atomic mass is 9.97. The molecular weight excluding hydrogens is 310 g/mol. The Kier molecular flexibility index (Phi) is 3.79. The Morgan fingerprint density at radius 2 is 2.22 bits per heavy atom. The van der Waals surface area contributed by atoms with Crippen LogP contribution in [-0.4, -0.2) is 21.9 Å². The molecule has 3 aromatic rings. The highest BCUT2D eigenvalue weighted by molar-refractivity contribution is 7.18. The van der Waals surface area contributed by atoms with Crippen LogP contribution in [0.5, 0.6) is 0 Å². The molecule has 0 bridgehead atoms. The van der Waals surface area contributed by atoms with Crippen LogP contribution in [0.3, 0.4) is 0 Å². The van der Waals surface area contributed by atoms with Crippen molar-refractivity contribution in [1.29, 1.82) is 0 Å². The zero-order valence-corrected chi connectivity index (χ0v) is 13.9. The zero-order valence-electron chi connectivity index (χ0n) is 13.1. The summed E-state index contributed by atoms with van der Waals surface area (Å²) in [5, 5.41) is 0.821. The summed E-state index contributed by atoms with van der Waals surface area (Å²) in [6.07, 6.45) is 6.16. The molecule has 5 nitrogen and oxygen atoms in total. The molecule has 1 N–H and O–H groups in total. The van der Waals surface area contributed by atoms with Crippen molar-refractivity contribution in [3.05, 3.63) is 50.8 Å². The van der Waals surface area contributed by atoms with Crippen LogP contribution in [0.25, 0.3) is 10.2 Å². The first kappa shape index (κ1) is 14.7. The number of rotatable bonds is 4. The monoisotopic (exact) mass is 329 g/mol. The number of hydrogen-bond donors (Lipinski definition) is 1. The molecule has 3 aromatic heterocycles. The van der Waals surface area contributed by atoms with Crippen molar-refractivity contribution in [2.45, 2.75) is 38.8 Å². The highest BCUT2D eigenvalue weighted by Gasteiger charge is 2.20. The maximum absolute atomic E-state index is 12.5. The Morgan fingerprint density at radius 3 is 3.04 bits per heavy atom. The van der Waals surface area contributed by atoms with E-state index in [-0.39, 0.29) is 5.56 Å². The third-order valence-corrected chi connectivity index (χ3v) is 5.49. The maximum atomic E-state index is 12.5. The van der Waals surface area contributed by atoms with Gasteiger partial charge in [-0.15, -0.1) is 11.3 Å². The van der Waals surface area contributed by atoms with Crippen molar-refractivity contribution < 1.29 is 4.42 Å². The maximum Gasteiger partial charge on any atom is 0.259 e. The number of hydrogen-bond acceptors (Lipinski definition) is 5. The fourth-order valence-electron chi connectivity index (χ4n) is 3.26. The summed E-state index contributed by atoms with van der Waals surface area (Å²) in [4.78, 5) is 24.5. The smallest absolute Gasteiger partial charge is 0.259 e. The van der Waals surface area contributed by atoms with E-state index in [1.807, 2.05) is 19.2 Å². The number of aromatic nitrogens is 2. The molecule has 4 rings (SSSR count). The highest BCUT2D eigenvalue weighted by atomic mass is 32.1. The summed E-state index contributed by atoms with van der Waals surface area (Å²) in [5.74, 6) is 1.62. The molecule has 0 aliphatic heterocycles. The molecule has 0 saturated heterocycles. The van der Waals surface area contributed by atoms with Crippen LogP contribution in [0.15, 0.2) is 27.6 Å². The molecule has 0 fully saturated rings. The van der Waals surface area contributed by atoms with Gasteiger partial charge >= 0.3 is 0 Å². The summed E-state index contributed by atoms with van der Waals surface area (Å²) in [5.41, 5.74) is 1.25. The number of thiophene rings is 1. The van der Waals surface area contributed by atoms with Gasteiger partial charge in [-0.1, -0.05) is 0 Å². The van der Waals surface area contributed by atoms with E-state index in [2.05, 4.69) is 9.88 Å². The van der Waals surface area contributed by atoms with E-state index in [4.69, 9.17) is 9.40 Å². The average Bonchev–Trinajstić information content (AvgIpc) is 3.13. The minimum absolute atomic E-state index is 0.01000. The van der Waals surface area contributed by atoms with Crippen LogP contribution in [0.4, 0.5) is 0 Å². The molecule has 1 aliphatic rings. The normalized spacial score (nSPS) is 14.5. The molecular formula is C17H19N3O2S. The van der Waals surface area contributed by atoms with E-state index in [1.165, 1.54) is 23.3 Å². The molecule has 3 heterocycles. The average molecular weight is 329 g/mol. The predicted molar refractivity (Wildman–Crippen MR) is 90.8 cm³/mol. The molecule has 6 heteroatoms. The first-order valence-electron chi connectivity index (χ1n) is 7.95. The van der Waals surface area contributed by atoms with Gasteiger partial charge in [-0.2, -0.15) is 0 Å². The van der Waals surface area contributed by atoms with Gasteiger partial charge in [-0.25, -0.2) is 4.98 Å². The molecule has 23 heavy (non-hydrogen) atoms. The topological polar surface area (TPSA) is 62.1 Å². The fraction of sp³-hybridized carbons (Fsp3) is 0.412. The van der Waals surface area contributed by atoms with Crippen molar-refractivity contribution in [2.75, 3.05) is 7.05 Å². The van der Waals surface area contributed by atoms with Crippen molar-refractivity contribution in [1.82, 2.24) is 14.9 Å². The zero-order chi connectivity index (χ0) is 15.8. The summed E-state index contributed by atoms with van der Waals surface area (Å²) >= 11 is 1.69. The van der Waals surface area contributed by atoms with E-state index in [0.29, 0.717) is 13.1 Å². The Labute approximate surface area is 138 Å². The van der Waals surface area contributed by atoms with Gasteiger partial charge in [0, 0.05) is 4.88 Å². The molecule has 1 aliphatic carbocycles. The van der Waals surface area contributed by atoms with Crippen LogP contribution in [0, 0.1) is 0 Å². The van der Waals surface area contributed by atoms with Gasteiger partial charge in [0.2, 0.25) is 0 Å². The minimum Gasteiger partial charge on any atom is -0.468 e. The molecule has 0 atom stereocenters. The summed E-state index contributed by atoms with van der Waals surface area (Å²) in [7, 11) is 1.99. The van der Waals surface area contributed by atoms with E-state index in [1.54, 1.807) is 17.6 Å². The van der Waals surface area contributed by atoms with Crippen LogP contribution in [-0.2, 0) is 25.9 Å². The van der Waals surface area contributed by atoms with Gasteiger partial charge in [0.1, 0.15) is 16.4 Å². The SMILES string of the molecule is CN(Cc1nc2sc3c(c2c(=O)[nH]1)CCCC3)Cc1ccco1. The lowest BCUT2D eigenvalue weighted by Gasteiger charge is -2.14. The molecule has 0 spiro atoms. The number of nitrogens with zero attached hydrogens (tertiary/aromatic N) is 2. The van der Waals surface area contributed by atoms with Crippen molar-refractivity contribution in [3.63, 3.8) is 0 Å². The molecule has 0 saturated carbocycles. The number of nitrogens with one attached hydrogen (secondary N) is 1. The summed E-state index contributed by atoms with van der Waals surface area (Å²) < 4.78 is 5.36. The predicted octanol–water partition coefficient (Wildman–Crippen LogP) is 3.09. The number of H-pyrrole nitrogens is 1. The number of fused-ring (bicyclic) bond motifs is 3. The van der Waals surface area contributed by atoms with Crippen LogP contribution >= 0.6 is 11.3 Å². The minimum atomic E-state index is 0.01000. The van der Waals surface area contributed by atoms with Gasteiger partial charge in [-0.05, 0) is 50.4 Å². The first-order chi connectivity index (χ1) is 11.2. The largest absolute Gasteiger partial charge is 0.468 e. The second kappa shape index (κ2) is 5.94. The van der Waals surface area contributed by atoms with E-state index < -0.39 is 0 Å². The summed E-state index contributed by atoms with van der Waals surface area (Å²) in [6.45, 7) is 1.28.